The number of benzene rings is 1. The number of carbonyl (C=O) groups excluding carboxylic acids is 1. The summed E-state index contributed by atoms with van der Waals surface area (Å²) < 4.78 is 7.21. The fourth-order valence-electron chi connectivity index (χ4n) is 1.63. The van der Waals surface area contributed by atoms with E-state index < -0.39 is 0 Å². The second kappa shape index (κ2) is 7.96. The molecule has 2 aromatic rings. The van der Waals surface area contributed by atoms with Crippen LogP contribution in [0.4, 0.5) is 10.5 Å². The Kier molecular flexibility index (Phi) is 5.60. The van der Waals surface area contributed by atoms with Gasteiger partial charge in [-0.05, 0) is 18.2 Å². The normalized spacial score (nSPS) is 10.2. The van der Waals surface area contributed by atoms with Crippen LogP contribution in [0, 0.1) is 0 Å². The molecule has 0 saturated heterocycles. The molecule has 1 aromatic heterocycles. The van der Waals surface area contributed by atoms with Crippen LogP contribution >= 0.6 is 0 Å². The van der Waals surface area contributed by atoms with Gasteiger partial charge in [-0.15, -0.1) is 0 Å². The van der Waals surface area contributed by atoms with E-state index in [1.807, 2.05) is 42.6 Å². The van der Waals surface area contributed by atoms with Crippen LogP contribution in [0.25, 0.3) is 0 Å². The number of carbonyl (C=O) groups is 1. The third-order valence-electron chi connectivity index (χ3n) is 2.59. The number of nitrogens with zero attached hydrogens (tertiary/aromatic N) is 2. The molecule has 0 aliphatic rings. The molecular weight excluding hydrogens is 256 g/mol. The number of hydrogen-bond donors (Lipinski definition) is 2. The van der Waals surface area contributed by atoms with Crippen molar-refractivity contribution in [2.75, 3.05) is 25.1 Å². The van der Waals surface area contributed by atoms with E-state index in [1.165, 1.54) is 0 Å². The standard InChI is InChI=1S/C14H18N4O2/c19-14(17-13-5-2-1-3-6-13)15-8-11-20-12-10-18-9-4-7-16-18/h1-7,9H,8,10-12H2,(H2,15,17,19). The Hall–Kier alpha value is -2.34. The zero-order valence-electron chi connectivity index (χ0n) is 11.2. The van der Waals surface area contributed by atoms with E-state index in [-0.39, 0.29) is 6.03 Å². The highest BCUT2D eigenvalue weighted by Crippen LogP contribution is 2.03. The predicted octanol–water partition coefficient (Wildman–Crippen LogP) is 1.72. The zero-order valence-corrected chi connectivity index (χ0v) is 11.2. The summed E-state index contributed by atoms with van der Waals surface area (Å²) >= 11 is 0. The van der Waals surface area contributed by atoms with Crippen LogP contribution in [-0.2, 0) is 11.3 Å². The second-order valence-corrected chi connectivity index (χ2v) is 4.13. The molecule has 0 radical (unpaired) electrons. The molecule has 0 bridgehead atoms. The van der Waals surface area contributed by atoms with Crippen molar-refractivity contribution in [1.82, 2.24) is 15.1 Å². The van der Waals surface area contributed by atoms with Gasteiger partial charge in [0.15, 0.2) is 0 Å². The SMILES string of the molecule is O=C(NCCOCCn1cccn1)Nc1ccccc1. The van der Waals surface area contributed by atoms with Gasteiger partial charge in [0.1, 0.15) is 0 Å². The molecule has 0 atom stereocenters. The molecule has 1 heterocycles. The largest absolute Gasteiger partial charge is 0.378 e. The second-order valence-electron chi connectivity index (χ2n) is 4.13. The van der Waals surface area contributed by atoms with Crippen molar-refractivity contribution < 1.29 is 9.53 Å². The maximum absolute atomic E-state index is 11.5. The minimum Gasteiger partial charge on any atom is -0.378 e. The first kappa shape index (κ1) is 14.1. The molecule has 0 spiro atoms. The quantitative estimate of drug-likeness (QED) is 0.755. The summed E-state index contributed by atoms with van der Waals surface area (Å²) in [5, 5.41) is 9.53. The van der Waals surface area contributed by atoms with E-state index >= 15 is 0 Å². The minimum absolute atomic E-state index is 0.230. The molecule has 20 heavy (non-hydrogen) atoms. The van der Waals surface area contributed by atoms with Crippen molar-refractivity contribution in [2.24, 2.45) is 0 Å². The number of ether oxygens (including phenoxy) is 1. The number of urea groups is 1. The Labute approximate surface area is 117 Å². The minimum atomic E-state index is -0.230. The monoisotopic (exact) mass is 274 g/mol. The Morgan fingerprint density at radius 2 is 2.05 bits per heavy atom. The first-order valence-corrected chi connectivity index (χ1v) is 6.50. The molecule has 2 N–H and O–H groups in total. The average Bonchev–Trinajstić information content (AvgIpc) is 2.97. The van der Waals surface area contributed by atoms with Crippen LogP contribution in [0.3, 0.4) is 0 Å². The van der Waals surface area contributed by atoms with Gasteiger partial charge in [-0.25, -0.2) is 4.79 Å². The number of amides is 2. The van der Waals surface area contributed by atoms with Crippen LogP contribution in [0.2, 0.25) is 0 Å². The number of hydrogen-bond acceptors (Lipinski definition) is 3. The molecule has 106 valence electrons. The van der Waals surface area contributed by atoms with Gasteiger partial charge >= 0.3 is 6.03 Å². The van der Waals surface area contributed by atoms with Crippen LogP contribution in [-0.4, -0.2) is 35.6 Å². The molecule has 0 saturated carbocycles. The summed E-state index contributed by atoms with van der Waals surface area (Å²) in [5.74, 6) is 0. The van der Waals surface area contributed by atoms with Crippen LogP contribution in [0.1, 0.15) is 0 Å². The number of nitrogens with one attached hydrogen (secondary N) is 2. The lowest BCUT2D eigenvalue weighted by Gasteiger charge is -2.08. The molecule has 0 aliphatic carbocycles. The summed E-state index contributed by atoms with van der Waals surface area (Å²) in [6, 6.07) is 10.9. The summed E-state index contributed by atoms with van der Waals surface area (Å²) in [4.78, 5) is 11.5. The molecule has 0 fully saturated rings. The summed E-state index contributed by atoms with van der Waals surface area (Å²) in [5.41, 5.74) is 0.768. The molecule has 0 aliphatic heterocycles. The summed E-state index contributed by atoms with van der Waals surface area (Å²) in [7, 11) is 0. The highest BCUT2D eigenvalue weighted by molar-refractivity contribution is 5.89. The highest BCUT2D eigenvalue weighted by Gasteiger charge is 1.99. The maximum Gasteiger partial charge on any atom is 0.319 e. The Morgan fingerprint density at radius 3 is 2.80 bits per heavy atom. The smallest absolute Gasteiger partial charge is 0.319 e. The first-order chi connectivity index (χ1) is 9.84. The van der Waals surface area contributed by atoms with Crippen molar-refractivity contribution in [3.05, 3.63) is 48.8 Å². The Morgan fingerprint density at radius 1 is 1.20 bits per heavy atom. The van der Waals surface area contributed by atoms with Gasteiger partial charge in [0.05, 0.1) is 19.8 Å². The van der Waals surface area contributed by atoms with Crippen LogP contribution in [0.15, 0.2) is 48.8 Å². The van der Waals surface area contributed by atoms with Crippen molar-refractivity contribution in [3.63, 3.8) is 0 Å². The van der Waals surface area contributed by atoms with Gasteiger partial charge in [-0.1, -0.05) is 18.2 Å². The van der Waals surface area contributed by atoms with Gasteiger partial charge < -0.3 is 15.4 Å². The lowest BCUT2D eigenvalue weighted by atomic mass is 10.3. The van der Waals surface area contributed by atoms with E-state index in [1.54, 1.807) is 10.9 Å². The van der Waals surface area contributed by atoms with Gasteiger partial charge in [0.25, 0.3) is 0 Å². The molecule has 1 aromatic carbocycles. The van der Waals surface area contributed by atoms with E-state index in [4.69, 9.17) is 4.74 Å². The fourth-order valence-corrected chi connectivity index (χ4v) is 1.63. The third kappa shape index (κ3) is 5.11. The predicted molar refractivity (Wildman–Crippen MR) is 76.5 cm³/mol. The van der Waals surface area contributed by atoms with E-state index in [0.29, 0.717) is 26.3 Å². The van der Waals surface area contributed by atoms with Gasteiger partial charge in [0.2, 0.25) is 0 Å². The number of rotatable bonds is 7. The van der Waals surface area contributed by atoms with Crippen molar-refractivity contribution in [3.8, 4) is 0 Å². The van der Waals surface area contributed by atoms with Crippen LogP contribution in [0.5, 0.6) is 0 Å². The summed E-state index contributed by atoms with van der Waals surface area (Å²) in [6.45, 7) is 2.23. The van der Waals surface area contributed by atoms with Crippen molar-refractivity contribution in [1.29, 1.82) is 0 Å². The zero-order chi connectivity index (χ0) is 14.0. The molecule has 2 amide bonds. The fraction of sp³-hybridized carbons (Fsp3) is 0.286. The van der Waals surface area contributed by atoms with E-state index in [9.17, 15) is 4.79 Å². The molecule has 6 heteroatoms. The Bertz CT molecular complexity index is 499. The lowest BCUT2D eigenvalue weighted by molar-refractivity contribution is 0.126. The summed E-state index contributed by atoms with van der Waals surface area (Å²) in [6.07, 6.45) is 3.62. The van der Waals surface area contributed by atoms with Crippen LogP contribution < -0.4 is 10.6 Å². The lowest BCUT2D eigenvalue weighted by Crippen LogP contribution is -2.31. The maximum atomic E-state index is 11.5. The average molecular weight is 274 g/mol. The number of para-hydroxylation sites is 1. The number of aromatic nitrogens is 2. The van der Waals surface area contributed by atoms with Crippen molar-refractivity contribution >= 4 is 11.7 Å². The highest BCUT2D eigenvalue weighted by atomic mass is 16.5. The van der Waals surface area contributed by atoms with Gasteiger partial charge in [-0.3, -0.25) is 4.68 Å². The van der Waals surface area contributed by atoms with E-state index in [2.05, 4.69) is 15.7 Å². The molecular formula is C14H18N4O2. The number of anilines is 1. The third-order valence-corrected chi connectivity index (χ3v) is 2.59. The molecule has 0 unspecified atom stereocenters. The Balaban J connectivity index is 1.51. The first-order valence-electron chi connectivity index (χ1n) is 6.50. The molecule has 2 rings (SSSR count). The van der Waals surface area contributed by atoms with E-state index in [0.717, 1.165) is 5.69 Å². The van der Waals surface area contributed by atoms with Crippen molar-refractivity contribution in [2.45, 2.75) is 6.54 Å². The topological polar surface area (TPSA) is 68.2 Å². The van der Waals surface area contributed by atoms with Gasteiger partial charge in [0, 0.05) is 24.6 Å². The molecule has 6 nitrogen and oxygen atoms in total. The van der Waals surface area contributed by atoms with Gasteiger partial charge in [-0.2, -0.15) is 5.10 Å².